The van der Waals surface area contributed by atoms with Crippen molar-refractivity contribution in [2.45, 2.75) is 13.3 Å². The summed E-state index contributed by atoms with van der Waals surface area (Å²) in [5.41, 5.74) is 1.67. The van der Waals surface area contributed by atoms with Crippen LogP contribution in [0.5, 0.6) is 0 Å². The zero-order chi connectivity index (χ0) is 11.5. The summed E-state index contributed by atoms with van der Waals surface area (Å²) < 4.78 is 32.6. The lowest BCUT2D eigenvalue weighted by Gasteiger charge is -2.00. The Labute approximate surface area is 88.1 Å². The van der Waals surface area contributed by atoms with Crippen LogP contribution in [0.25, 0.3) is 0 Å². The van der Waals surface area contributed by atoms with E-state index in [0.717, 1.165) is 5.56 Å². The van der Waals surface area contributed by atoms with Crippen molar-refractivity contribution in [1.82, 2.24) is 0 Å². The summed E-state index contributed by atoms with van der Waals surface area (Å²) in [7, 11) is -4.70. The molecular formula is C10H11FO3S. The van der Waals surface area contributed by atoms with E-state index in [4.69, 9.17) is 0 Å². The molecule has 82 valence electrons. The molecule has 0 amide bonds. The van der Waals surface area contributed by atoms with E-state index < -0.39 is 21.8 Å². The molecule has 1 aromatic rings. The van der Waals surface area contributed by atoms with Gasteiger partial charge in [-0.3, -0.25) is 4.79 Å². The van der Waals surface area contributed by atoms with Crippen molar-refractivity contribution in [1.29, 1.82) is 0 Å². The molecule has 5 heteroatoms. The fourth-order valence-corrected chi connectivity index (χ4v) is 1.78. The SMILES string of the molecule is Cc1cccc(CC(=O)CS(=O)(=O)F)c1. The topological polar surface area (TPSA) is 51.2 Å². The fourth-order valence-electron chi connectivity index (χ4n) is 1.29. The molecule has 0 aliphatic carbocycles. The Bertz CT molecular complexity index is 465. The van der Waals surface area contributed by atoms with Crippen LogP contribution in [0.4, 0.5) is 3.89 Å². The van der Waals surface area contributed by atoms with Gasteiger partial charge in [0.1, 0.15) is 5.75 Å². The third kappa shape index (κ3) is 4.69. The standard InChI is InChI=1S/C10H11FO3S/c1-8-3-2-4-9(5-8)6-10(12)7-15(11,13)14/h2-5H,6-7H2,1H3. The van der Waals surface area contributed by atoms with Gasteiger partial charge in [-0.15, -0.1) is 3.89 Å². The summed E-state index contributed by atoms with van der Waals surface area (Å²) in [6.07, 6.45) is -0.0508. The van der Waals surface area contributed by atoms with E-state index in [1.807, 2.05) is 13.0 Å². The number of ketones is 1. The molecule has 3 nitrogen and oxygen atoms in total. The zero-order valence-corrected chi connectivity index (χ0v) is 9.05. The van der Waals surface area contributed by atoms with Gasteiger partial charge in [0.25, 0.3) is 0 Å². The van der Waals surface area contributed by atoms with E-state index in [0.29, 0.717) is 5.56 Å². The first-order valence-corrected chi connectivity index (χ1v) is 5.92. The van der Waals surface area contributed by atoms with Crippen molar-refractivity contribution < 1.29 is 17.1 Å². The van der Waals surface area contributed by atoms with E-state index in [1.165, 1.54) is 0 Å². The van der Waals surface area contributed by atoms with Crippen molar-refractivity contribution in [2.75, 3.05) is 5.75 Å². The second-order valence-corrected chi connectivity index (χ2v) is 4.75. The van der Waals surface area contributed by atoms with E-state index in [9.17, 15) is 17.1 Å². The highest BCUT2D eigenvalue weighted by atomic mass is 32.3. The smallest absolute Gasteiger partial charge is 0.298 e. The molecule has 0 spiro atoms. The highest BCUT2D eigenvalue weighted by Gasteiger charge is 2.14. The van der Waals surface area contributed by atoms with Crippen molar-refractivity contribution in [3.63, 3.8) is 0 Å². The Kier molecular flexibility index (Phi) is 3.57. The van der Waals surface area contributed by atoms with Crippen LogP contribution in [0.3, 0.4) is 0 Å². The maximum atomic E-state index is 12.2. The first-order valence-electron chi connectivity index (χ1n) is 4.36. The average molecular weight is 230 g/mol. The number of halogens is 1. The van der Waals surface area contributed by atoms with Gasteiger partial charge >= 0.3 is 10.2 Å². The predicted molar refractivity (Wildman–Crippen MR) is 54.8 cm³/mol. The van der Waals surface area contributed by atoms with Crippen LogP contribution in [0.2, 0.25) is 0 Å². The molecule has 0 saturated heterocycles. The maximum absolute atomic E-state index is 12.2. The lowest BCUT2D eigenvalue weighted by Crippen LogP contribution is -2.14. The van der Waals surface area contributed by atoms with Gasteiger partial charge in [-0.05, 0) is 12.5 Å². The van der Waals surface area contributed by atoms with Crippen LogP contribution in [0, 0.1) is 6.92 Å². The van der Waals surface area contributed by atoms with Crippen LogP contribution in [-0.2, 0) is 21.4 Å². The molecule has 15 heavy (non-hydrogen) atoms. The van der Waals surface area contributed by atoms with Gasteiger partial charge < -0.3 is 0 Å². The first kappa shape index (κ1) is 11.8. The summed E-state index contributed by atoms with van der Waals surface area (Å²) in [4.78, 5) is 11.1. The summed E-state index contributed by atoms with van der Waals surface area (Å²) in [6, 6.07) is 7.10. The van der Waals surface area contributed by atoms with E-state index in [-0.39, 0.29) is 6.42 Å². The van der Waals surface area contributed by atoms with Gasteiger partial charge in [0, 0.05) is 6.42 Å². The van der Waals surface area contributed by atoms with Gasteiger partial charge in [-0.25, -0.2) is 0 Å². The minimum Gasteiger partial charge on any atom is -0.298 e. The number of hydrogen-bond donors (Lipinski definition) is 0. The quantitative estimate of drug-likeness (QED) is 0.735. The summed E-state index contributed by atoms with van der Waals surface area (Å²) in [6.45, 7) is 1.86. The molecule has 0 aliphatic heterocycles. The zero-order valence-electron chi connectivity index (χ0n) is 8.23. The molecule has 0 fully saturated rings. The Morgan fingerprint density at radius 3 is 2.60 bits per heavy atom. The highest BCUT2D eigenvalue weighted by molar-refractivity contribution is 7.87. The number of hydrogen-bond acceptors (Lipinski definition) is 3. The second kappa shape index (κ2) is 4.53. The first-order chi connectivity index (χ1) is 6.87. The Morgan fingerprint density at radius 1 is 1.40 bits per heavy atom. The third-order valence-corrected chi connectivity index (χ3v) is 2.48. The monoisotopic (exact) mass is 230 g/mol. The molecule has 0 N–H and O–H groups in total. The van der Waals surface area contributed by atoms with Crippen LogP contribution in [-0.4, -0.2) is 20.0 Å². The highest BCUT2D eigenvalue weighted by Crippen LogP contribution is 2.06. The van der Waals surface area contributed by atoms with Gasteiger partial charge in [-0.2, -0.15) is 8.42 Å². The van der Waals surface area contributed by atoms with Gasteiger partial charge in [0.15, 0.2) is 5.78 Å². The molecule has 1 rings (SSSR count). The summed E-state index contributed by atoms with van der Waals surface area (Å²) in [5.74, 6) is -1.68. The molecule has 0 radical (unpaired) electrons. The minimum atomic E-state index is -4.70. The Morgan fingerprint density at radius 2 is 2.07 bits per heavy atom. The molecule has 0 aliphatic rings. The normalized spacial score (nSPS) is 11.3. The molecular weight excluding hydrogens is 219 g/mol. The molecule has 0 saturated carbocycles. The lowest BCUT2D eigenvalue weighted by atomic mass is 10.1. The van der Waals surface area contributed by atoms with Crippen LogP contribution in [0.15, 0.2) is 24.3 Å². The van der Waals surface area contributed by atoms with E-state index >= 15 is 0 Å². The lowest BCUT2D eigenvalue weighted by molar-refractivity contribution is -0.116. The van der Waals surface area contributed by atoms with Crippen molar-refractivity contribution in [3.05, 3.63) is 35.4 Å². The number of benzene rings is 1. The minimum absolute atomic E-state index is 0.0508. The van der Waals surface area contributed by atoms with Crippen molar-refractivity contribution in [3.8, 4) is 0 Å². The Balaban J connectivity index is 2.67. The van der Waals surface area contributed by atoms with Crippen LogP contribution >= 0.6 is 0 Å². The molecule has 0 bridgehead atoms. The third-order valence-electron chi connectivity index (χ3n) is 1.82. The van der Waals surface area contributed by atoms with Crippen LogP contribution < -0.4 is 0 Å². The van der Waals surface area contributed by atoms with Gasteiger partial charge in [-0.1, -0.05) is 29.8 Å². The average Bonchev–Trinajstić information content (AvgIpc) is 1.99. The van der Waals surface area contributed by atoms with E-state index in [2.05, 4.69) is 0 Å². The summed E-state index contributed by atoms with van der Waals surface area (Å²) in [5, 5.41) is 0. The summed E-state index contributed by atoms with van der Waals surface area (Å²) >= 11 is 0. The van der Waals surface area contributed by atoms with Gasteiger partial charge in [0.05, 0.1) is 0 Å². The molecule has 1 aromatic carbocycles. The largest absolute Gasteiger partial charge is 0.309 e. The number of aryl methyl sites for hydroxylation is 1. The molecule has 0 atom stereocenters. The van der Waals surface area contributed by atoms with E-state index in [1.54, 1.807) is 18.2 Å². The maximum Gasteiger partial charge on any atom is 0.309 e. The number of carbonyl (C=O) groups is 1. The van der Waals surface area contributed by atoms with Crippen molar-refractivity contribution in [2.24, 2.45) is 0 Å². The molecule has 0 heterocycles. The fraction of sp³-hybridized carbons (Fsp3) is 0.300. The predicted octanol–water partition coefficient (Wildman–Crippen LogP) is 1.41. The second-order valence-electron chi connectivity index (χ2n) is 3.39. The molecule has 0 unspecified atom stereocenters. The number of carbonyl (C=O) groups excluding carboxylic acids is 1. The van der Waals surface area contributed by atoms with Gasteiger partial charge in [0.2, 0.25) is 0 Å². The van der Waals surface area contributed by atoms with Crippen molar-refractivity contribution >= 4 is 16.0 Å². The number of rotatable bonds is 4. The Hall–Kier alpha value is -1.23. The van der Waals surface area contributed by atoms with Crippen LogP contribution in [0.1, 0.15) is 11.1 Å². The number of Topliss-reactive ketones (excluding diaryl/α,β-unsaturated/α-hetero) is 1. The molecule has 0 aromatic heterocycles.